The molecule has 0 aliphatic heterocycles. The van der Waals surface area contributed by atoms with Crippen LogP contribution in [0.4, 0.5) is 0 Å². The fraction of sp³-hybridized carbons (Fsp3) is 0.286. The molecule has 0 N–H and O–H groups in total. The molecule has 1 heterocycles. The summed E-state index contributed by atoms with van der Waals surface area (Å²) in [4.78, 5) is 14.9. The highest BCUT2D eigenvalue weighted by atomic mass is 35.5. The molecule has 0 atom stereocenters. The van der Waals surface area contributed by atoms with Gasteiger partial charge in [-0.2, -0.15) is 0 Å². The van der Waals surface area contributed by atoms with Crippen LogP contribution in [0.1, 0.15) is 23.1 Å². The third-order valence-electron chi connectivity index (χ3n) is 3.13. The first-order valence-corrected chi connectivity index (χ1v) is 6.12. The minimum absolute atomic E-state index is 0.0421. The maximum absolute atomic E-state index is 10.5. The van der Waals surface area contributed by atoms with Gasteiger partial charge in [0.1, 0.15) is 5.15 Å². The molecule has 0 fully saturated rings. The first kappa shape index (κ1) is 12.8. The van der Waals surface area contributed by atoms with Crippen LogP contribution >= 0.6 is 11.6 Å². The summed E-state index contributed by atoms with van der Waals surface area (Å²) in [6.07, 6.45) is 0.309. The number of carbonyl (C=O) groups excluding carboxylic acids is 1. The van der Waals surface area contributed by atoms with Crippen LogP contribution in [0.2, 0.25) is 5.15 Å². The summed E-state index contributed by atoms with van der Waals surface area (Å²) in [5.74, 6) is -1.07. The molecule has 0 aliphatic carbocycles. The topological polar surface area (TPSA) is 53.0 Å². The number of para-hydroxylation sites is 1. The van der Waals surface area contributed by atoms with Crippen molar-refractivity contribution in [2.75, 3.05) is 0 Å². The Kier molecular flexibility index (Phi) is 3.53. The zero-order valence-electron chi connectivity index (χ0n) is 10.3. The molecular formula is C14H13ClNO2-. The highest BCUT2D eigenvalue weighted by Crippen LogP contribution is 2.28. The maximum Gasteiger partial charge on any atom is 0.133 e. The van der Waals surface area contributed by atoms with Gasteiger partial charge in [-0.15, -0.1) is 0 Å². The first-order chi connectivity index (χ1) is 8.50. The molecular weight excluding hydrogens is 250 g/mol. The molecule has 94 valence electrons. The molecule has 0 saturated heterocycles. The lowest BCUT2D eigenvalue weighted by atomic mass is 10.00. The maximum atomic E-state index is 10.5. The van der Waals surface area contributed by atoms with E-state index >= 15 is 0 Å². The quantitative estimate of drug-likeness (QED) is 0.797. The van der Waals surface area contributed by atoms with Gasteiger partial charge in [-0.25, -0.2) is 4.98 Å². The van der Waals surface area contributed by atoms with Gasteiger partial charge in [0, 0.05) is 11.4 Å². The van der Waals surface area contributed by atoms with Crippen molar-refractivity contribution in [1.82, 2.24) is 4.98 Å². The van der Waals surface area contributed by atoms with E-state index in [0.717, 1.165) is 27.6 Å². The molecule has 2 aromatic rings. The van der Waals surface area contributed by atoms with Crippen molar-refractivity contribution in [3.63, 3.8) is 0 Å². The number of hydrogen-bond acceptors (Lipinski definition) is 3. The van der Waals surface area contributed by atoms with Crippen LogP contribution < -0.4 is 5.11 Å². The van der Waals surface area contributed by atoms with Gasteiger partial charge in [0.2, 0.25) is 0 Å². The minimum atomic E-state index is -1.07. The van der Waals surface area contributed by atoms with Crippen LogP contribution in [0.15, 0.2) is 18.2 Å². The Morgan fingerprint density at radius 3 is 2.78 bits per heavy atom. The molecule has 0 unspecified atom stereocenters. The van der Waals surface area contributed by atoms with Crippen molar-refractivity contribution in [2.24, 2.45) is 0 Å². The van der Waals surface area contributed by atoms with Gasteiger partial charge >= 0.3 is 0 Å². The number of halogens is 1. The van der Waals surface area contributed by atoms with E-state index in [1.54, 1.807) is 0 Å². The van der Waals surface area contributed by atoms with E-state index in [1.165, 1.54) is 0 Å². The number of carboxylic acid groups (broad SMARTS) is 1. The fourth-order valence-corrected chi connectivity index (χ4v) is 2.43. The lowest BCUT2D eigenvalue weighted by Gasteiger charge is -2.12. The van der Waals surface area contributed by atoms with Crippen molar-refractivity contribution in [2.45, 2.75) is 26.7 Å². The molecule has 0 radical (unpaired) electrons. The van der Waals surface area contributed by atoms with E-state index in [-0.39, 0.29) is 6.42 Å². The summed E-state index contributed by atoms with van der Waals surface area (Å²) in [6, 6.07) is 5.91. The van der Waals surface area contributed by atoms with Gasteiger partial charge in [-0.3, -0.25) is 0 Å². The average molecular weight is 263 g/mol. The molecule has 3 nitrogen and oxygen atoms in total. The SMILES string of the molecule is Cc1c(CCC(=O)[O-])c(Cl)nc2c(C)cccc12. The molecule has 0 bridgehead atoms. The van der Waals surface area contributed by atoms with Gasteiger partial charge in [0.05, 0.1) is 5.52 Å². The number of nitrogens with zero attached hydrogens (tertiary/aromatic N) is 1. The van der Waals surface area contributed by atoms with Gasteiger partial charge in [0.15, 0.2) is 0 Å². The standard InChI is InChI=1S/C14H14ClNO2/c1-8-4-3-5-10-9(2)11(6-7-12(17)18)14(15)16-13(8)10/h3-5H,6-7H2,1-2H3,(H,17,18)/p-1. The number of benzene rings is 1. The fourth-order valence-electron chi connectivity index (χ4n) is 2.11. The van der Waals surface area contributed by atoms with Crippen LogP contribution in [-0.2, 0) is 11.2 Å². The van der Waals surface area contributed by atoms with Crippen molar-refractivity contribution in [3.8, 4) is 0 Å². The third kappa shape index (κ3) is 2.31. The molecule has 18 heavy (non-hydrogen) atoms. The van der Waals surface area contributed by atoms with E-state index in [2.05, 4.69) is 4.98 Å². The lowest BCUT2D eigenvalue weighted by Crippen LogP contribution is -2.22. The Labute approximate surface area is 110 Å². The summed E-state index contributed by atoms with van der Waals surface area (Å²) in [6.45, 7) is 3.92. The Morgan fingerprint density at radius 2 is 2.11 bits per heavy atom. The zero-order chi connectivity index (χ0) is 13.3. The second-order valence-corrected chi connectivity index (χ2v) is 4.71. The number of hydrogen-bond donors (Lipinski definition) is 0. The highest BCUT2D eigenvalue weighted by Gasteiger charge is 2.11. The number of aliphatic carboxylic acids is 1. The molecule has 0 spiro atoms. The summed E-state index contributed by atoms with van der Waals surface area (Å²) in [5, 5.41) is 11.9. The van der Waals surface area contributed by atoms with Crippen LogP contribution in [0, 0.1) is 13.8 Å². The predicted molar refractivity (Wildman–Crippen MR) is 69.6 cm³/mol. The summed E-state index contributed by atoms with van der Waals surface area (Å²) in [5.41, 5.74) is 3.72. The average Bonchev–Trinajstić information content (AvgIpc) is 2.30. The molecule has 0 aliphatic rings. The number of rotatable bonds is 3. The summed E-state index contributed by atoms with van der Waals surface area (Å²) in [7, 11) is 0. The summed E-state index contributed by atoms with van der Waals surface area (Å²) >= 11 is 6.14. The number of fused-ring (bicyclic) bond motifs is 1. The minimum Gasteiger partial charge on any atom is -0.550 e. The van der Waals surface area contributed by atoms with Gasteiger partial charge in [-0.1, -0.05) is 29.8 Å². The molecule has 1 aromatic heterocycles. The lowest BCUT2D eigenvalue weighted by molar-refractivity contribution is -0.305. The third-order valence-corrected chi connectivity index (χ3v) is 3.45. The number of carbonyl (C=O) groups is 1. The van der Waals surface area contributed by atoms with E-state index in [1.807, 2.05) is 32.0 Å². The van der Waals surface area contributed by atoms with Crippen LogP contribution in [0.3, 0.4) is 0 Å². The number of carboxylic acids is 1. The van der Waals surface area contributed by atoms with Crippen molar-refractivity contribution in [3.05, 3.63) is 40.0 Å². The van der Waals surface area contributed by atoms with Gasteiger partial charge < -0.3 is 9.90 Å². The monoisotopic (exact) mass is 262 g/mol. The first-order valence-electron chi connectivity index (χ1n) is 5.75. The number of pyridine rings is 1. The Bertz CT molecular complexity index is 623. The zero-order valence-corrected chi connectivity index (χ0v) is 11.0. The van der Waals surface area contributed by atoms with Gasteiger partial charge in [0.25, 0.3) is 0 Å². The number of aromatic nitrogens is 1. The number of aryl methyl sites for hydroxylation is 2. The molecule has 0 amide bonds. The predicted octanol–water partition coefficient (Wildman–Crippen LogP) is 2.19. The normalized spacial score (nSPS) is 10.8. The second-order valence-electron chi connectivity index (χ2n) is 4.35. The molecule has 0 saturated carbocycles. The Morgan fingerprint density at radius 1 is 1.39 bits per heavy atom. The van der Waals surface area contributed by atoms with Crippen LogP contribution in [0.25, 0.3) is 10.9 Å². The molecule has 2 rings (SSSR count). The summed E-state index contributed by atoms with van der Waals surface area (Å²) < 4.78 is 0. The van der Waals surface area contributed by atoms with E-state index in [0.29, 0.717) is 11.6 Å². The van der Waals surface area contributed by atoms with E-state index in [4.69, 9.17) is 11.6 Å². The molecule has 4 heteroatoms. The molecule has 1 aromatic carbocycles. The smallest absolute Gasteiger partial charge is 0.133 e. The second kappa shape index (κ2) is 4.94. The highest BCUT2D eigenvalue weighted by molar-refractivity contribution is 6.30. The van der Waals surface area contributed by atoms with E-state index < -0.39 is 5.97 Å². The largest absolute Gasteiger partial charge is 0.550 e. The van der Waals surface area contributed by atoms with Crippen molar-refractivity contribution >= 4 is 28.5 Å². The van der Waals surface area contributed by atoms with Crippen molar-refractivity contribution < 1.29 is 9.90 Å². The Balaban J connectivity index is 2.58. The Hall–Kier alpha value is -1.61. The van der Waals surface area contributed by atoms with Gasteiger partial charge in [-0.05, 0) is 43.4 Å². The van der Waals surface area contributed by atoms with Crippen LogP contribution in [0.5, 0.6) is 0 Å². The van der Waals surface area contributed by atoms with E-state index in [9.17, 15) is 9.90 Å². The van der Waals surface area contributed by atoms with Crippen LogP contribution in [-0.4, -0.2) is 11.0 Å². The van der Waals surface area contributed by atoms with Crippen molar-refractivity contribution in [1.29, 1.82) is 0 Å².